The van der Waals surface area contributed by atoms with E-state index >= 15 is 0 Å². The van der Waals surface area contributed by atoms with Crippen LogP contribution in [0.25, 0.3) is 10.9 Å². The van der Waals surface area contributed by atoms with E-state index in [1.54, 1.807) is 12.3 Å². The number of carboxylic acids is 1. The number of aromatic nitrogens is 2. The zero-order valence-corrected chi connectivity index (χ0v) is 11.1. The van der Waals surface area contributed by atoms with Crippen LogP contribution in [0.3, 0.4) is 0 Å². The lowest BCUT2D eigenvalue weighted by Crippen LogP contribution is -2.11. The fraction of sp³-hybridized carbons (Fsp3) is 0.133. The monoisotopic (exact) mass is 283 g/mol. The number of hydrogen-bond donors (Lipinski definition) is 2. The standard InChI is InChI=1S/C15H13N3O3/c19-15(20)14-17-12-6-2-1-5-11(12)13(18-14)16-8-7-10-4-3-9-21-10/h1-6,9H,7-8H2,(H,19,20)(H,16,17,18). The first-order chi connectivity index (χ1) is 10.2. The third-order valence-corrected chi connectivity index (χ3v) is 3.04. The van der Waals surface area contributed by atoms with Crippen LogP contribution in [0.4, 0.5) is 5.82 Å². The van der Waals surface area contributed by atoms with Gasteiger partial charge in [-0.2, -0.15) is 0 Å². The summed E-state index contributed by atoms with van der Waals surface area (Å²) >= 11 is 0. The number of anilines is 1. The highest BCUT2D eigenvalue weighted by Crippen LogP contribution is 2.20. The van der Waals surface area contributed by atoms with Gasteiger partial charge in [0, 0.05) is 18.4 Å². The molecule has 0 radical (unpaired) electrons. The van der Waals surface area contributed by atoms with Gasteiger partial charge in [0.25, 0.3) is 0 Å². The van der Waals surface area contributed by atoms with E-state index in [1.165, 1.54) is 0 Å². The summed E-state index contributed by atoms with van der Waals surface area (Å²) in [5.74, 6) is 0.0212. The summed E-state index contributed by atoms with van der Waals surface area (Å²) in [7, 11) is 0. The van der Waals surface area contributed by atoms with Crippen LogP contribution in [0, 0.1) is 0 Å². The molecule has 2 heterocycles. The molecule has 0 unspecified atom stereocenters. The van der Waals surface area contributed by atoms with E-state index in [2.05, 4.69) is 15.3 Å². The Bertz CT molecular complexity index is 769. The van der Waals surface area contributed by atoms with E-state index in [0.717, 1.165) is 11.1 Å². The van der Waals surface area contributed by atoms with Crippen LogP contribution < -0.4 is 5.32 Å². The average molecular weight is 283 g/mol. The van der Waals surface area contributed by atoms with Crippen molar-refractivity contribution in [1.82, 2.24) is 9.97 Å². The van der Waals surface area contributed by atoms with Gasteiger partial charge in [-0.3, -0.25) is 0 Å². The molecule has 0 spiro atoms. The number of carbonyl (C=O) groups is 1. The lowest BCUT2D eigenvalue weighted by Gasteiger charge is -2.08. The minimum Gasteiger partial charge on any atom is -0.475 e. The molecule has 0 amide bonds. The van der Waals surface area contributed by atoms with Crippen LogP contribution in [-0.2, 0) is 6.42 Å². The number of furan rings is 1. The summed E-state index contributed by atoms with van der Waals surface area (Å²) in [6.07, 6.45) is 2.31. The van der Waals surface area contributed by atoms with Gasteiger partial charge >= 0.3 is 5.97 Å². The van der Waals surface area contributed by atoms with Crippen LogP contribution >= 0.6 is 0 Å². The Morgan fingerprint density at radius 3 is 2.81 bits per heavy atom. The Labute approximate surface area is 120 Å². The van der Waals surface area contributed by atoms with Crippen molar-refractivity contribution in [2.24, 2.45) is 0 Å². The van der Waals surface area contributed by atoms with Crippen molar-refractivity contribution in [3.05, 3.63) is 54.2 Å². The van der Waals surface area contributed by atoms with Crippen molar-refractivity contribution in [2.75, 3.05) is 11.9 Å². The molecular weight excluding hydrogens is 270 g/mol. The number of nitrogens with one attached hydrogen (secondary N) is 1. The van der Waals surface area contributed by atoms with Gasteiger partial charge in [0.2, 0.25) is 5.82 Å². The second-order valence-corrected chi connectivity index (χ2v) is 4.47. The van der Waals surface area contributed by atoms with Gasteiger partial charge in [0.05, 0.1) is 11.8 Å². The molecule has 21 heavy (non-hydrogen) atoms. The van der Waals surface area contributed by atoms with E-state index in [-0.39, 0.29) is 5.82 Å². The molecule has 2 N–H and O–H groups in total. The summed E-state index contributed by atoms with van der Waals surface area (Å²) in [5, 5.41) is 13.0. The van der Waals surface area contributed by atoms with Crippen molar-refractivity contribution in [1.29, 1.82) is 0 Å². The van der Waals surface area contributed by atoms with Crippen molar-refractivity contribution in [3.8, 4) is 0 Å². The number of carboxylic acid groups (broad SMARTS) is 1. The van der Waals surface area contributed by atoms with Crippen LogP contribution in [0.15, 0.2) is 47.1 Å². The van der Waals surface area contributed by atoms with Crippen molar-refractivity contribution >= 4 is 22.7 Å². The fourth-order valence-electron chi connectivity index (χ4n) is 2.07. The lowest BCUT2D eigenvalue weighted by atomic mass is 10.2. The second kappa shape index (κ2) is 5.62. The van der Waals surface area contributed by atoms with Crippen LogP contribution in [0.1, 0.15) is 16.4 Å². The molecular formula is C15H13N3O3. The maximum Gasteiger partial charge on any atom is 0.374 e. The Morgan fingerprint density at radius 2 is 2.05 bits per heavy atom. The van der Waals surface area contributed by atoms with Crippen LogP contribution in [0.5, 0.6) is 0 Å². The molecule has 0 aliphatic rings. The minimum absolute atomic E-state index is 0.214. The van der Waals surface area contributed by atoms with Gasteiger partial charge in [-0.05, 0) is 24.3 Å². The molecule has 106 valence electrons. The zero-order chi connectivity index (χ0) is 14.7. The highest BCUT2D eigenvalue weighted by molar-refractivity contribution is 5.93. The molecule has 0 saturated heterocycles. The topological polar surface area (TPSA) is 88.2 Å². The Morgan fingerprint density at radius 1 is 1.19 bits per heavy atom. The first kappa shape index (κ1) is 13.1. The van der Waals surface area contributed by atoms with Crippen LogP contribution in [-0.4, -0.2) is 27.6 Å². The summed E-state index contributed by atoms with van der Waals surface area (Å²) in [6, 6.07) is 11.0. The van der Waals surface area contributed by atoms with Gasteiger partial charge in [-0.15, -0.1) is 0 Å². The smallest absolute Gasteiger partial charge is 0.374 e. The van der Waals surface area contributed by atoms with Crippen molar-refractivity contribution < 1.29 is 14.3 Å². The zero-order valence-electron chi connectivity index (χ0n) is 11.1. The number of hydrogen-bond acceptors (Lipinski definition) is 5. The quantitative estimate of drug-likeness (QED) is 0.748. The third-order valence-electron chi connectivity index (χ3n) is 3.04. The molecule has 0 aliphatic heterocycles. The third kappa shape index (κ3) is 2.84. The SMILES string of the molecule is O=C(O)c1nc(NCCc2ccco2)c2ccccc2n1. The number of fused-ring (bicyclic) bond motifs is 1. The minimum atomic E-state index is -1.14. The maximum atomic E-state index is 11.1. The predicted molar refractivity (Wildman–Crippen MR) is 77.4 cm³/mol. The molecule has 0 saturated carbocycles. The number of nitrogens with zero attached hydrogens (tertiary/aromatic N) is 2. The molecule has 0 fully saturated rings. The molecule has 6 heteroatoms. The Hall–Kier alpha value is -2.89. The first-order valence-corrected chi connectivity index (χ1v) is 6.50. The number of para-hydroxylation sites is 1. The van der Waals surface area contributed by atoms with Crippen molar-refractivity contribution in [2.45, 2.75) is 6.42 Å². The maximum absolute atomic E-state index is 11.1. The number of benzene rings is 1. The van der Waals surface area contributed by atoms with E-state index in [0.29, 0.717) is 24.3 Å². The highest BCUT2D eigenvalue weighted by Gasteiger charge is 2.12. The normalized spacial score (nSPS) is 10.7. The van der Waals surface area contributed by atoms with E-state index in [4.69, 9.17) is 9.52 Å². The molecule has 3 rings (SSSR count). The van der Waals surface area contributed by atoms with Gasteiger partial charge in [-0.25, -0.2) is 14.8 Å². The summed E-state index contributed by atoms with van der Waals surface area (Å²) in [6.45, 7) is 0.591. The second-order valence-electron chi connectivity index (χ2n) is 4.47. The molecule has 0 bridgehead atoms. The molecule has 0 atom stereocenters. The molecule has 1 aromatic carbocycles. The van der Waals surface area contributed by atoms with Gasteiger partial charge < -0.3 is 14.8 Å². The summed E-state index contributed by atoms with van der Waals surface area (Å²) in [5.41, 5.74) is 0.602. The van der Waals surface area contributed by atoms with Crippen LogP contribution in [0.2, 0.25) is 0 Å². The Kier molecular flexibility index (Phi) is 3.51. The van der Waals surface area contributed by atoms with Crippen molar-refractivity contribution in [3.63, 3.8) is 0 Å². The number of rotatable bonds is 5. The Balaban J connectivity index is 1.87. The summed E-state index contributed by atoms with van der Waals surface area (Å²) < 4.78 is 5.25. The largest absolute Gasteiger partial charge is 0.475 e. The predicted octanol–water partition coefficient (Wildman–Crippen LogP) is 2.58. The molecule has 6 nitrogen and oxygen atoms in total. The average Bonchev–Trinajstić information content (AvgIpc) is 3.00. The van der Waals surface area contributed by atoms with E-state index < -0.39 is 5.97 Å². The van der Waals surface area contributed by atoms with E-state index in [1.807, 2.05) is 30.3 Å². The van der Waals surface area contributed by atoms with Gasteiger partial charge in [-0.1, -0.05) is 12.1 Å². The van der Waals surface area contributed by atoms with Gasteiger partial charge in [0.15, 0.2) is 0 Å². The highest BCUT2D eigenvalue weighted by atomic mass is 16.4. The van der Waals surface area contributed by atoms with E-state index in [9.17, 15) is 4.79 Å². The molecule has 0 aliphatic carbocycles. The lowest BCUT2D eigenvalue weighted by molar-refractivity contribution is 0.0684. The summed E-state index contributed by atoms with van der Waals surface area (Å²) in [4.78, 5) is 19.2. The fourth-order valence-corrected chi connectivity index (χ4v) is 2.07. The molecule has 2 aromatic heterocycles. The first-order valence-electron chi connectivity index (χ1n) is 6.50. The van der Waals surface area contributed by atoms with Gasteiger partial charge in [0.1, 0.15) is 11.6 Å². The number of aromatic carboxylic acids is 1. The molecule has 3 aromatic rings.